The molecule has 23 heavy (non-hydrogen) atoms. The highest BCUT2D eigenvalue weighted by Gasteiger charge is 2.07. The molecule has 0 saturated heterocycles. The maximum Gasteiger partial charge on any atom is 0.248 e. The Morgan fingerprint density at radius 3 is 2.57 bits per heavy atom. The molecule has 0 radical (unpaired) electrons. The Morgan fingerprint density at radius 2 is 1.96 bits per heavy atom. The smallest absolute Gasteiger partial charge is 0.248 e. The molecule has 120 valence electrons. The molecule has 6 nitrogen and oxygen atoms in total. The van der Waals surface area contributed by atoms with Crippen LogP contribution in [-0.4, -0.2) is 18.9 Å². The molecule has 0 unspecified atom stereocenters. The Balaban J connectivity index is 2.08. The van der Waals surface area contributed by atoms with Crippen molar-refractivity contribution in [1.82, 2.24) is 0 Å². The summed E-state index contributed by atoms with van der Waals surface area (Å²) in [7, 11) is 1.51. The summed E-state index contributed by atoms with van der Waals surface area (Å²) in [4.78, 5) is 23.1. The third kappa shape index (κ3) is 4.74. The number of ether oxygens (including phenoxy) is 1. The summed E-state index contributed by atoms with van der Waals surface area (Å²) in [5.41, 5.74) is 1.03. The lowest BCUT2D eigenvalue weighted by Crippen LogP contribution is -2.10. The molecule has 6 heteroatoms. The van der Waals surface area contributed by atoms with Gasteiger partial charge in [-0.15, -0.1) is 0 Å². The Labute approximate surface area is 134 Å². The van der Waals surface area contributed by atoms with Gasteiger partial charge in [-0.25, -0.2) is 0 Å². The van der Waals surface area contributed by atoms with E-state index in [2.05, 4.69) is 10.6 Å². The molecule has 2 N–H and O–H groups in total. The standard InChI is InChI=1S/C17H18N2O4/c1-11-4-6-14(23-11)7-9-17(21)19-13-5-8-16(22-3)15(10-13)18-12(2)20/h4-10H,1-3H3,(H,18,20)(H,19,21)/b9-7+. The Hall–Kier alpha value is -3.02. The average Bonchev–Trinajstić information content (AvgIpc) is 2.90. The fourth-order valence-electron chi connectivity index (χ4n) is 1.96. The van der Waals surface area contributed by atoms with E-state index >= 15 is 0 Å². The average molecular weight is 314 g/mol. The zero-order chi connectivity index (χ0) is 16.8. The number of furan rings is 1. The van der Waals surface area contributed by atoms with Crippen LogP contribution < -0.4 is 15.4 Å². The van der Waals surface area contributed by atoms with E-state index in [1.165, 1.54) is 20.1 Å². The predicted molar refractivity (Wildman–Crippen MR) is 88.4 cm³/mol. The number of benzene rings is 1. The van der Waals surface area contributed by atoms with Crippen LogP contribution in [0.15, 0.2) is 40.8 Å². The predicted octanol–water partition coefficient (Wildman–Crippen LogP) is 3.21. The minimum atomic E-state index is -0.307. The minimum absolute atomic E-state index is 0.222. The van der Waals surface area contributed by atoms with E-state index in [0.29, 0.717) is 22.9 Å². The van der Waals surface area contributed by atoms with Gasteiger partial charge in [-0.2, -0.15) is 0 Å². The fourth-order valence-corrected chi connectivity index (χ4v) is 1.96. The second kappa shape index (κ2) is 7.31. The molecule has 0 bridgehead atoms. The lowest BCUT2D eigenvalue weighted by molar-refractivity contribution is -0.114. The number of hydrogen-bond donors (Lipinski definition) is 2. The lowest BCUT2D eigenvalue weighted by atomic mass is 10.2. The van der Waals surface area contributed by atoms with Crippen molar-refractivity contribution >= 4 is 29.3 Å². The molecular formula is C17H18N2O4. The number of methoxy groups -OCH3 is 1. The van der Waals surface area contributed by atoms with Gasteiger partial charge in [0.25, 0.3) is 0 Å². The SMILES string of the molecule is COc1ccc(NC(=O)/C=C/c2ccc(C)o2)cc1NC(C)=O. The molecule has 2 aromatic rings. The van der Waals surface area contributed by atoms with E-state index < -0.39 is 0 Å². The molecule has 1 aromatic heterocycles. The summed E-state index contributed by atoms with van der Waals surface area (Å²) in [5, 5.41) is 5.36. The van der Waals surface area contributed by atoms with Gasteiger partial charge in [-0.3, -0.25) is 9.59 Å². The molecule has 0 atom stereocenters. The van der Waals surface area contributed by atoms with E-state index in [1.54, 1.807) is 30.3 Å². The number of anilines is 2. The van der Waals surface area contributed by atoms with E-state index in [1.807, 2.05) is 13.0 Å². The van der Waals surface area contributed by atoms with Gasteiger partial charge in [-0.05, 0) is 43.3 Å². The lowest BCUT2D eigenvalue weighted by Gasteiger charge is -2.11. The van der Waals surface area contributed by atoms with Gasteiger partial charge in [0, 0.05) is 18.7 Å². The first-order chi connectivity index (χ1) is 11.0. The van der Waals surface area contributed by atoms with E-state index in [-0.39, 0.29) is 11.8 Å². The molecule has 1 heterocycles. The third-order valence-electron chi connectivity index (χ3n) is 2.94. The maximum absolute atomic E-state index is 11.9. The number of amides is 2. The fraction of sp³-hybridized carbons (Fsp3) is 0.176. The van der Waals surface area contributed by atoms with Gasteiger partial charge in [0.1, 0.15) is 17.3 Å². The van der Waals surface area contributed by atoms with Gasteiger partial charge >= 0.3 is 0 Å². The van der Waals surface area contributed by atoms with Gasteiger partial charge in [0.05, 0.1) is 12.8 Å². The van der Waals surface area contributed by atoms with Crippen LogP contribution in [0.3, 0.4) is 0 Å². The molecule has 0 aliphatic carbocycles. The van der Waals surface area contributed by atoms with Crippen molar-refractivity contribution in [3.05, 3.63) is 47.9 Å². The Bertz CT molecular complexity index is 747. The first kappa shape index (κ1) is 16.4. The van der Waals surface area contributed by atoms with E-state index in [4.69, 9.17) is 9.15 Å². The number of rotatable bonds is 5. The van der Waals surface area contributed by atoms with Gasteiger partial charge in [-0.1, -0.05) is 0 Å². The molecule has 0 aliphatic heterocycles. The summed E-state index contributed by atoms with van der Waals surface area (Å²) in [6.07, 6.45) is 2.96. The highest BCUT2D eigenvalue weighted by Crippen LogP contribution is 2.27. The molecule has 0 spiro atoms. The first-order valence-electron chi connectivity index (χ1n) is 6.99. The zero-order valence-corrected chi connectivity index (χ0v) is 13.2. The van der Waals surface area contributed by atoms with Crippen molar-refractivity contribution in [2.45, 2.75) is 13.8 Å². The quantitative estimate of drug-likeness (QED) is 0.830. The molecule has 2 rings (SSSR count). The Morgan fingerprint density at radius 1 is 1.17 bits per heavy atom. The highest BCUT2D eigenvalue weighted by molar-refractivity contribution is 6.02. The number of hydrogen-bond acceptors (Lipinski definition) is 4. The van der Waals surface area contributed by atoms with Crippen molar-refractivity contribution in [2.24, 2.45) is 0 Å². The van der Waals surface area contributed by atoms with Crippen molar-refractivity contribution in [1.29, 1.82) is 0 Å². The summed E-state index contributed by atoms with van der Waals surface area (Å²) in [6, 6.07) is 8.58. The number of nitrogens with one attached hydrogen (secondary N) is 2. The summed E-state index contributed by atoms with van der Waals surface area (Å²) in [6.45, 7) is 3.23. The zero-order valence-electron chi connectivity index (χ0n) is 13.2. The minimum Gasteiger partial charge on any atom is -0.495 e. The number of carbonyl (C=O) groups is 2. The molecule has 0 saturated carbocycles. The van der Waals surface area contributed by atoms with Crippen LogP contribution in [0.1, 0.15) is 18.4 Å². The van der Waals surface area contributed by atoms with Crippen LogP contribution in [-0.2, 0) is 9.59 Å². The molecule has 1 aromatic carbocycles. The van der Waals surface area contributed by atoms with Crippen LogP contribution in [0, 0.1) is 6.92 Å². The monoisotopic (exact) mass is 314 g/mol. The van der Waals surface area contributed by atoms with Crippen molar-refractivity contribution in [2.75, 3.05) is 17.7 Å². The summed E-state index contributed by atoms with van der Waals surface area (Å²) in [5.74, 6) is 1.36. The Kier molecular flexibility index (Phi) is 5.19. The van der Waals surface area contributed by atoms with Crippen molar-refractivity contribution < 1.29 is 18.7 Å². The van der Waals surface area contributed by atoms with Crippen LogP contribution in [0.5, 0.6) is 5.75 Å². The second-order valence-electron chi connectivity index (χ2n) is 4.87. The summed E-state index contributed by atoms with van der Waals surface area (Å²) >= 11 is 0. The van der Waals surface area contributed by atoms with Gasteiger partial charge in [0.15, 0.2) is 0 Å². The third-order valence-corrected chi connectivity index (χ3v) is 2.94. The topological polar surface area (TPSA) is 80.6 Å². The number of aryl methyl sites for hydroxylation is 1. The van der Waals surface area contributed by atoms with Gasteiger partial charge < -0.3 is 19.8 Å². The van der Waals surface area contributed by atoms with Gasteiger partial charge in [0.2, 0.25) is 11.8 Å². The molecule has 0 fully saturated rings. The van der Waals surface area contributed by atoms with Crippen LogP contribution in [0.4, 0.5) is 11.4 Å². The van der Waals surface area contributed by atoms with Crippen LogP contribution in [0.25, 0.3) is 6.08 Å². The van der Waals surface area contributed by atoms with Crippen molar-refractivity contribution in [3.8, 4) is 5.75 Å². The molecule has 2 amide bonds. The first-order valence-corrected chi connectivity index (χ1v) is 6.99. The summed E-state index contributed by atoms with van der Waals surface area (Å²) < 4.78 is 10.5. The largest absolute Gasteiger partial charge is 0.495 e. The molecule has 0 aliphatic rings. The maximum atomic E-state index is 11.9. The number of carbonyl (C=O) groups excluding carboxylic acids is 2. The van der Waals surface area contributed by atoms with E-state index in [9.17, 15) is 9.59 Å². The van der Waals surface area contributed by atoms with Crippen LogP contribution in [0.2, 0.25) is 0 Å². The highest BCUT2D eigenvalue weighted by atomic mass is 16.5. The van der Waals surface area contributed by atoms with E-state index in [0.717, 1.165) is 5.76 Å². The van der Waals surface area contributed by atoms with Crippen LogP contribution >= 0.6 is 0 Å². The molecular weight excluding hydrogens is 296 g/mol. The second-order valence-corrected chi connectivity index (χ2v) is 4.87. The normalized spacial score (nSPS) is 10.6. The van der Waals surface area contributed by atoms with Crippen molar-refractivity contribution in [3.63, 3.8) is 0 Å².